The number of hydrogen-bond donors (Lipinski definition) is 1. The zero-order valence-electron chi connectivity index (χ0n) is 17.3. The summed E-state index contributed by atoms with van der Waals surface area (Å²) in [5.41, 5.74) is 3.00. The molecule has 0 aliphatic heterocycles. The molecule has 1 aliphatic rings. The number of aryl methyl sites for hydroxylation is 2. The number of aromatic nitrogens is 4. The Hall–Kier alpha value is -3.22. The molecule has 2 aromatic heterocycles. The summed E-state index contributed by atoms with van der Waals surface area (Å²) in [6, 6.07) is 11.8. The number of carbonyl (C=O) groups is 1. The van der Waals surface area contributed by atoms with Crippen LogP contribution in [0.15, 0.2) is 48.8 Å². The molecule has 0 bridgehead atoms. The number of carbonyl (C=O) groups excluding carboxylic acids is 1. The Morgan fingerprint density at radius 3 is 2.77 bits per heavy atom. The van der Waals surface area contributed by atoms with E-state index in [4.69, 9.17) is 9.72 Å². The standard InChI is InChI=1S/C23H27N5O2/c1-30-23-19-11-9-18(22(29)24-13-5-15-28-16-6-14-25-28)10-12-20(19)26-21(27-23)17-7-3-2-4-8-17/h2-4,6-8,14,16,18H,5,9-13,15H2,1H3,(H,24,29). The van der Waals surface area contributed by atoms with E-state index >= 15 is 0 Å². The monoisotopic (exact) mass is 405 g/mol. The minimum atomic E-state index is -0.0196. The lowest BCUT2D eigenvalue weighted by Gasteiger charge is -2.14. The highest BCUT2D eigenvalue weighted by atomic mass is 16.5. The molecule has 0 spiro atoms. The quantitative estimate of drug-likeness (QED) is 0.483. The third-order valence-corrected chi connectivity index (χ3v) is 5.55. The van der Waals surface area contributed by atoms with E-state index in [0.717, 1.165) is 55.5 Å². The van der Waals surface area contributed by atoms with Crippen molar-refractivity contribution in [2.24, 2.45) is 5.92 Å². The van der Waals surface area contributed by atoms with Gasteiger partial charge in [-0.25, -0.2) is 4.98 Å². The number of benzene rings is 1. The van der Waals surface area contributed by atoms with E-state index in [-0.39, 0.29) is 11.8 Å². The summed E-state index contributed by atoms with van der Waals surface area (Å²) >= 11 is 0. The Morgan fingerprint density at radius 2 is 2.00 bits per heavy atom. The van der Waals surface area contributed by atoms with Crippen molar-refractivity contribution in [3.05, 3.63) is 60.0 Å². The summed E-state index contributed by atoms with van der Waals surface area (Å²) in [7, 11) is 1.64. The van der Waals surface area contributed by atoms with Gasteiger partial charge in [-0.3, -0.25) is 9.48 Å². The van der Waals surface area contributed by atoms with Gasteiger partial charge in [-0.1, -0.05) is 30.3 Å². The van der Waals surface area contributed by atoms with E-state index in [0.29, 0.717) is 18.2 Å². The lowest BCUT2D eigenvalue weighted by atomic mass is 9.99. The molecule has 0 radical (unpaired) electrons. The highest BCUT2D eigenvalue weighted by molar-refractivity contribution is 5.78. The van der Waals surface area contributed by atoms with Gasteiger partial charge in [0.05, 0.1) is 12.8 Å². The first-order valence-corrected chi connectivity index (χ1v) is 10.5. The molecule has 2 heterocycles. The van der Waals surface area contributed by atoms with Crippen molar-refractivity contribution in [3.8, 4) is 17.3 Å². The van der Waals surface area contributed by atoms with Gasteiger partial charge in [0.25, 0.3) is 0 Å². The molecule has 0 saturated heterocycles. The SMILES string of the molecule is COc1nc(-c2ccccc2)nc2c1CCC(C(=O)NCCCn1cccn1)CC2. The second-order valence-corrected chi connectivity index (χ2v) is 7.54. The highest BCUT2D eigenvalue weighted by Crippen LogP contribution is 2.31. The topological polar surface area (TPSA) is 81.9 Å². The minimum Gasteiger partial charge on any atom is -0.481 e. The van der Waals surface area contributed by atoms with Crippen LogP contribution in [0.2, 0.25) is 0 Å². The number of nitrogens with one attached hydrogen (secondary N) is 1. The normalized spacial score (nSPS) is 15.8. The van der Waals surface area contributed by atoms with Crippen molar-refractivity contribution in [2.45, 2.75) is 38.6 Å². The lowest BCUT2D eigenvalue weighted by molar-refractivity contribution is -0.125. The first-order valence-electron chi connectivity index (χ1n) is 10.5. The number of methoxy groups -OCH3 is 1. The van der Waals surface area contributed by atoms with Gasteiger partial charge < -0.3 is 10.1 Å². The zero-order chi connectivity index (χ0) is 20.8. The van der Waals surface area contributed by atoms with Crippen molar-refractivity contribution in [1.29, 1.82) is 0 Å². The van der Waals surface area contributed by atoms with Crippen LogP contribution in [-0.2, 0) is 24.2 Å². The summed E-state index contributed by atoms with van der Waals surface area (Å²) in [6.45, 7) is 1.46. The van der Waals surface area contributed by atoms with Crippen LogP contribution in [0.3, 0.4) is 0 Å². The van der Waals surface area contributed by atoms with Gasteiger partial charge in [0.1, 0.15) is 0 Å². The molecule has 1 N–H and O–H groups in total. The van der Waals surface area contributed by atoms with Gasteiger partial charge in [-0.2, -0.15) is 10.1 Å². The van der Waals surface area contributed by atoms with Gasteiger partial charge in [0.2, 0.25) is 11.8 Å². The number of hydrogen-bond acceptors (Lipinski definition) is 5. The molecule has 3 aromatic rings. The maximum absolute atomic E-state index is 12.7. The third-order valence-electron chi connectivity index (χ3n) is 5.55. The number of fused-ring (bicyclic) bond motifs is 1. The fourth-order valence-electron chi connectivity index (χ4n) is 3.92. The highest BCUT2D eigenvalue weighted by Gasteiger charge is 2.26. The van der Waals surface area contributed by atoms with Crippen LogP contribution in [0.4, 0.5) is 0 Å². The van der Waals surface area contributed by atoms with E-state index in [1.54, 1.807) is 13.3 Å². The van der Waals surface area contributed by atoms with Crippen molar-refractivity contribution >= 4 is 5.91 Å². The van der Waals surface area contributed by atoms with Crippen LogP contribution in [0.5, 0.6) is 5.88 Å². The Bertz CT molecular complexity index is 973. The van der Waals surface area contributed by atoms with Gasteiger partial charge in [-0.15, -0.1) is 0 Å². The number of amides is 1. The first-order chi connectivity index (χ1) is 14.7. The van der Waals surface area contributed by atoms with Gasteiger partial charge in [0, 0.05) is 42.5 Å². The summed E-state index contributed by atoms with van der Waals surface area (Å²) in [5.74, 6) is 1.40. The van der Waals surface area contributed by atoms with Crippen LogP contribution in [0, 0.1) is 5.92 Å². The van der Waals surface area contributed by atoms with E-state index in [2.05, 4.69) is 15.4 Å². The Kier molecular flexibility index (Phi) is 6.37. The van der Waals surface area contributed by atoms with Crippen molar-refractivity contribution in [3.63, 3.8) is 0 Å². The van der Waals surface area contributed by atoms with Crippen LogP contribution in [0.25, 0.3) is 11.4 Å². The largest absolute Gasteiger partial charge is 0.481 e. The number of ether oxygens (including phenoxy) is 1. The summed E-state index contributed by atoms with van der Waals surface area (Å²) in [5, 5.41) is 7.27. The molecule has 1 aromatic carbocycles. The van der Waals surface area contributed by atoms with E-state index in [1.165, 1.54) is 0 Å². The smallest absolute Gasteiger partial charge is 0.223 e. The Morgan fingerprint density at radius 1 is 1.17 bits per heavy atom. The first kappa shape index (κ1) is 20.1. The molecule has 30 heavy (non-hydrogen) atoms. The van der Waals surface area contributed by atoms with Crippen LogP contribution in [0.1, 0.15) is 30.5 Å². The maximum atomic E-state index is 12.7. The number of rotatable bonds is 7. The molecule has 1 unspecified atom stereocenters. The van der Waals surface area contributed by atoms with Crippen molar-refractivity contribution in [2.75, 3.05) is 13.7 Å². The van der Waals surface area contributed by atoms with E-state index in [9.17, 15) is 4.79 Å². The molecule has 156 valence electrons. The predicted molar refractivity (Wildman–Crippen MR) is 114 cm³/mol. The van der Waals surface area contributed by atoms with Crippen LogP contribution < -0.4 is 10.1 Å². The molecular formula is C23H27N5O2. The van der Waals surface area contributed by atoms with Gasteiger partial charge in [-0.05, 0) is 38.2 Å². The molecule has 1 aliphatic carbocycles. The second-order valence-electron chi connectivity index (χ2n) is 7.54. The average Bonchev–Trinajstić information content (AvgIpc) is 3.21. The van der Waals surface area contributed by atoms with Crippen LogP contribution in [-0.4, -0.2) is 39.3 Å². The molecule has 7 heteroatoms. The van der Waals surface area contributed by atoms with E-state index in [1.807, 2.05) is 47.3 Å². The Balaban J connectivity index is 1.39. The summed E-state index contributed by atoms with van der Waals surface area (Å²) in [6.07, 6.45) is 7.62. The molecule has 1 amide bonds. The average molecular weight is 406 g/mol. The van der Waals surface area contributed by atoms with E-state index < -0.39 is 0 Å². The maximum Gasteiger partial charge on any atom is 0.223 e. The Labute approximate surface area is 176 Å². The molecule has 0 fully saturated rings. The zero-order valence-corrected chi connectivity index (χ0v) is 17.3. The van der Waals surface area contributed by atoms with Crippen molar-refractivity contribution < 1.29 is 9.53 Å². The third kappa shape index (κ3) is 4.67. The molecule has 1 atom stereocenters. The van der Waals surface area contributed by atoms with Gasteiger partial charge in [0.15, 0.2) is 5.82 Å². The molecule has 0 saturated carbocycles. The summed E-state index contributed by atoms with van der Waals surface area (Å²) < 4.78 is 7.46. The predicted octanol–water partition coefficient (Wildman–Crippen LogP) is 3.05. The van der Waals surface area contributed by atoms with Crippen LogP contribution >= 0.6 is 0 Å². The molecular weight excluding hydrogens is 378 g/mol. The fraction of sp³-hybridized carbons (Fsp3) is 0.391. The number of nitrogens with zero attached hydrogens (tertiary/aromatic N) is 4. The van der Waals surface area contributed by atoms with Gasteiger partial charge >= 0.3 is 0 Å². The lowest BCUT2D eigenvalue weighted by Crippen LogP contribution is -2.32. The van der Waals surface area contributed by atoms with Crippen molar-refractivity contribution in [1.82, 2.24) is 25.1 Å². The second kappa shape index (κ2) is 9.52. The minimum absolute atomic E-state index is 0.0196. The fourth-order valence-corrected chi connectivity index (χ4v) is 3.92. The molecule has 4 rings (SSSR count). The molecule has 7 nitrogen and oxygen atoms in total. The summed E-state index contributed by atoms with van der Waals surface area (Å²) in [4.78, 5) is 22.2.